The second kappa shape index (κ2) is 6.17. The van der Waals surface area contributed by atoms with Crippen molar-refractivity contribution in [3.8, 4) is 0 Å². The molecule has 4 rings (SSSR count). The Morgan fingerprint density at radius 2 is 2.08 bits per heavy atom. The van der Waals surface area contributed by atoms with E-state index in [9.17, 15) is 9.59 Å². The Bertz CT molecular complexity index is 898. The molecule has 0 aliphatic carbocycles. The average Bonchev–Trinajstić information content (AvgIpc) is 3.17. The maximum absolute atomic E-state index is 12.8. The monoisotopic (exact) mass is 370 g/mol. The number of thiazole rings is 1. The Morgan fingerprint density at radius 1 is 1.35 bits per heavy atom. The second-order valence-corrected chi connectivity index (χ2v) is 8.07. The number of amides is 3. The predicted octanol–water partition coefficient (Wildman–Crippen LogP) is 3.28. The Labute approximate surface area is 156 Å². The quantitative estimate of drug-likeness (QED) is 0.842. The summed E-state index contributed by atoms with van der Waals surface area (Å²) in [6.45, 7) is 9.12. The zero-order chi connectivity index (χ0) is 18.5. The van der Waals surface area contributed by atoms with Crippen molar-refractivity contribution in [3.05, 3.63) is 41.5 Å². The van der Waals surface area contributed by atoms with Crippen molar-refractivity contribution in [2.45, 2.75) is 38.3 Å². The number of imide groups is 1. The van der Waals surface area contributed by atoms with Gasteiger partial charge >= 0.3 is 6.03 Å². The lowest BCUT2D eigenvalue weighted by molar-refractivity contribution is -0.131. The van der Waals surface area contributed by atoms with Crippen molar-refractivity contribution in [3.63, 3.8) is 0 Å². The minimum Gasteiger partial charge on any atom is -0.323 e. The predicted molar refractivity (Wildman–Crippen MR) is 102 cm³/mol. The van der Waals surface area contributed by atoms with Crippen LogP contribution in [0.2, 0.25) is 0 Å². The number of aromatic nitrogens is 1. The SMILES string of the molecule is C=C(C)N1C(=O)NC2(CCN(C(C)c3ccc4scnc4c3)CC2)C1=O. The molecule has 1 N–H and O–H groups in total. The Kier molecular flexibility index (Phi) is 4.08. The van der Waals surface area contributed by atoms with E-state index in [0.29, 0.717) is 18.5 Å². The van der Waals surface area contributed by atoms with Gasteiger partial charge < -0.3 is 5.32 Å². The van der Waals surface area contributed by atoms with Gasteiger partial charge in [-0.1, -0.05) is 12.6 Å². The Balaban J connectivity index is 1.49. The standard InChI is InChI=1S/C19H22N4O2S/c1-12(2)23-17(24)19(21-18(23)25)6-8-22(9-7-19)13(3)14-4-5-16-15(10-14)20-11-26-16/h4-5,10-11,13H,1,6-9H2,2-3H3,(H,21,25). The molecule has 2 aromatic rings. The highest BCUT2D eigenvalue weighted by molar-refractivity contribution is 7.16. The maximum Gasteiger partial charge on any atom is 0.329 e. The summed E-state index contributed by atoms with van der Waals surface area (Å²) in [5.74, 6) is -0.161. The lowest BCUT2D eigenvalue weighted by Crippen LogP contribution is -2.55. The molecule has 2 fully saturated rings. The van der Waals surface area contributed by atoms with Gasteiger partial charge in [-0.15, -0.1) is 11.3 Å². The van der Waals surface area contributed by atoms with Crippen molar-refractivity contribution in [1.29, 1.82) is 0 Å². The summed E-state index contributed by atoms with van der Waals surface area (Å²) in [4.78, 5) is 32.8. The van der Waals surface area contributed by atoms with E-state index >= 15 is 0 Å². The van der Waals surface area contributed by atoms with Crippen LogP contribution in [0.3, 0.4) is 0 Å². The topological polar surface area (TPSA) is 65.5 Å². The van der Waals surface area contributed by atoms with E-state index in [-0.39, 0.29) is 18.0 Å². The number of benzene rings is 1. The van der Waals surface area contributed by atoms with Crippen LogP contribution in [0, 0.1) is 0 Å². The van der Waals surface area contributed by atoms with Crippen molar-refractivity contribution in [2.75, 3.05) is 13.1 Å². The van der Waals surface area contributed by atoms with Crippen LogP contribution in [0.5, 0.6) is 0 Å². The van der Waals surface area contributed by atoms with Gasteiger partial charge in [-0.05, 0) is 44.4 Å². The number of hydrogen-bond donors (Lipinski definition) is 1. The number of carbonyl (C=O) groups is 2. The van der Waals surface area contributed by atoms with Gasteiger partial charge in [-0.25, -0.2) is 14.7 Å². The minimum absolute atomic E-state index is 0.161. The third kappa shape index (κ3) is 2.62. The van der Waals surface area contributed by atoms with E-state index in [1.807, 2.05) is 5.51 Å². The van der Waals surface area contributed by atoms with Crippen molar-refractivity contribution >= 4 is 33.5 Å². The summed E-state index contributed by atoms with van der Waals surface area (Å²) in [7, 11) is 0. The molecule has 1 aromatic heterocycles. The summed E-state index contributed by atoms with van der Waals surface area (Å²) in [6.07, 6.45) is 1.23. The van der Waals surface area contributed by atoms with E-state index in [2.05, 4.69) is 46.9 Å². The normalized spacial score (nSPS) is 21.4. The first-order chi connectivity index (χ1) is 12.4. The molecule has 7 heteroatoms. The number of nitrogens with zero attached hydrogens (tertiary/aromatic N) is 3. The van der Waals surface area contributed by atoms with Crippen LogP contribution < -0.4 is 5.32 Å². The van der Waals surface area contributed by atoms with Gasteiger partial charge in [0.2, 0.25) is 0 Å². The molecule has 2 aliphatic heterocycles. The minimum atomic E-state index is -0.773. The molecule has 0 radical (unpaired) electrons. The second-order valence-electron chi connectivity index (χ2n) is 7.18. The largest absolute Gasteiger partial charge is 0.329 e. The van der Waals surface area contributed by atoms with E-state index in [1.54, 1.807) is 18.3 Å². The van der Waals surface area contributed by atoms with Crippen molar-refractivity contribution < 1.29 is 9.59 Å². The van der Waals surface area contributed by atoms with E-state index in [0.717, 1.165) is 18.6 Å². The molecule has 136 valence electrons. The molecule has 3 amide bonds. The molecule has 6 nitrogen and oxygen atoms in total. The Morgan fingerprint density at radius 3 is 2.73 bits per heavy atom. The van der Waals surface area contributed by atoms with Gasteiger partial charge in [-0.2, -0.15) is 0 Å². The van der Waals surface area contributed by atoms with Crippen molar-refractivity contribution in [2.24, 2.45) is 0 Å². The number of hydrogen-bond acceptors (Lipinski definition) is 5. The first kappa shape index (κ1) is 17.2. The van der Waals surface area contributed by atoms with E-state index in [1.165, 1.54) is 15.2 Å². The third-order valence-electron chi connectivity index (χ3n) is 5.58. The van der Waals surface area contributed by atoms with E-state index < -0.39 is 5.54 Å². The van der Waals surface area contributed by atoms with Gasteiger partial charge in [0.15, 0.2) is 0 Å². The number of urea groups is 1. The molecule has 1 unspecified atom stereocenters. The molecule has 2 saturated heterocycles. The van der Waals surface area contributed by atoms with E-state index in [4.69, 9.17) is 0 Å². The van der Waals surface area contributed by atoms with Gasteiger partial charge in [0.25, 0.3) is 5.91 Å². The first-order valence-corrected chi connectivity index (χ1v) is 9.69. The Hall–Kier alpha value is -2.25. The van der Waals surface area contributed by atoms with Crippen LogP contribution in [0.15, 0.2) is 36.0 Å². The highest BCUT2D eigenvalue weighted by Gasteiger charge is 2.52. The lowest BCUT2D eigenvalue weighted by Gasteiger charge is -2.40. The number of rotatable bonds is 3. The number of nitrogens with one attached hydrogen (secondary N) is 1. The first-order valence-electron chi connectivity index (χ1n) is 8.81. The van der Waals surface area contributed by atoms with Crippen LogP contribution in [0.1, 0.15) is 38.3 Å². The van der Waals surface area contributed by atoms with Crippen LogP contribution >= 0.6 is 11.3 Å². The summed E-state index contributed by atoms with van der Waals surface area (Å²) in [5.41, 5.74) is 3.82. The molecule has 3 heterocycles. The van der Waals surface area contributed by atoms with Gasteiger partial charge in [0.05, 0.1) is 15.7 Å². The number of carbonyl (C=O) groups excluding carboxylic acids is 2. The molecule has 26 heavy (non-hydrogen) atoms. The molecule has 0 bridgehead atoms. The fraction of sp³-hybridized carbons (Fsp3) is 0.421. The zero-order valence-electron chi connectivity index (χ0n) is 15.0. The van der Waals surface area contributed by atoms with Gasteiger partial charge in [0, 0.05) is 24.8 Å². The molecule has 1 spiro atoms. The fourth-order valence-electron chi connectivity index (χ4n) is 3.94. The summed E-state index contributed by atoms with van der Waals surface area (Å²) in [5, 5.41) is 2.91. The fourth-order valence-corrected chi connectivity index (χ4v) is 4.60. The maximum atomic E-state index is 12.8. The van der Waals surface area contributed by atoms with Gasteiger partial charge in [-0.3, -0.25) is 9.69 Å². The van der Waals surface area contributed by atoms with Crippen LogP contribution in [-0.4, -0.2) is 45.4 Å². The lowest BCUT2D eigenvalue weighted by atomic mass is 9.86. The third-order valence-corrected chi connectivity index (χ3v) is 6.39. The summed E-state index contributed by atoms with van der Waals surface area (Å²) < 4.78 is 1.19. The van der Waals surface area contributed by atoms with Gasteiger partial charge in [0.1, 0.15) is 5.54 Å². The number of fused-ring (bicyclic) bond motifs is 1. The summed E-state index contributed by atoms with van der Waals surface area (Å²) >= 11 is 1.64. The number of allylic oxidation sites excluding steroid dienone is 1. The van der Waals surface area contributed by atoms with Crippen LogP contribution in [0.25, 0.3) is 10.2 Å². The number of piperidine rings is 1. The molecule has 1 atom stereocenters. The molecule has 0 saturated carbocycles. The average molecular weight is 370 g/mol. The molecule has 1 aromatic carbocycles. The number of likely N-dealkylation sites (tertiary alicyclic amines) is 1. The molecular weight excluding hydrogens is 348 g/mol. The van der Waals surface area contributed by atoms with Crippen LogP contribution in [-0.2, 0) is 4.79 Å². The highest BCUT2D eigenvalue weighted by atomic mass is 32.1. The van der Waals surface area contributed by atoms with Crippen LogP contribution in [0.4, 0.5) is 4.79 Å². The summed E-state index contributed by atoms with van der Waals surface area (Å²) in [6, 6.07) is 6.31. The molecular formula is C19H22N4O2S. The smallest absolute Gasteiger partial charge is 0.323 e. The highest BCUT2D eigenvalue weighted by Crippen LogP contribution is 2.34. The molecule has 2 aliphatic rings. The van der Waals surface area contributed by atoms with Crippen molar-refractivity contribution in [1.82, 2.24) is 20.1 Å². The zero-order valence-corrected chi connectivity index (χ0v) is 15.8.